The summed E-state index contributed by atoms with van der Waals surface area (Å²) >= 11 is 0. The predicted octanol–water partition coefficient (Wildman–Crippen LogP) is 0.255. The Bertz CT molecular complexity index is 906. The molecule has 3 unspecified atom stereocenters. The van der Waals surface area contributed by atoms with Gasteiger partial charge in [0.15, 0.2) is 12.2 Å². The lowest BCUT2D eigenvalue weighted by molar-refractivity contribution is -0.280. The van der Waals surface area contributed by atoms with Gasteiger partial charge >= 0.3 is 17.9 Å². The maximum Gasteiger partial charge on any atom is 0.303 e. The van der Waals surface area contributed by atoms with Crippen LogP contribution in [0.4, 0.5) is 5.69 Å². The molecule has 2 rings (SSSR count). The van der Waals surface area contributed by atoms with Crippen molar-refractivity contribution in [3.63, 3.8) is 0 Å². The van der Waals surface area contributed by atoms with Crippen LogP contribution in [0.5, 0.6) is 5.75 Å². The fraction of sp³-hybridized carbons (Fsp3) is 0.545. The van der Waals surface area contributed by atoms with Crippen molar-refractivity contribution in [2.45, 2.75) is 65.0 Å². The highest BCUT2D eigenvalue weighted by Gasteiger charge is 2.51. The van der Waals surface area contributed by atoms with E-state index in [0.717, 1.165) is 13.8 Å². The van der Waals surface area contributed by atoms with Gasteiger partial charge < -0.3 is 39.4 Å². The van der Waals surface area contributed by atoms with Crippen molar-refractivity contribution < 1.29 is 48.0 Å². The van der Waals surface area contributed by atoms with Crippen LogP contribution >= 0.6 is 0 Å². The van der Waals surface area contributed by atoms with E-state index < -0.39 is 48.6 Å². The van der Waals surface area contributed by atoms with Gasteiger partial charge in [-0.15, -0.1) is 0 Å². The standard InChI is InChI=1S/C22H30N2O10/c1-11-19(31-12(2)26)20(32-13(3)27)21(33-14(4)28)22(30-11)34-17-7-6-15(10-25)8-16(17)24-18(29)9-23-5/h6-8,11,19-23,25H,9-10H2,1-5H3,(H,24,29)/t11?,19-,20?,21?,22+/m1/s1. The van der Waals surface area contributed by atoms with Crippen LogP contribution in [-0.4, -0.2) is 73.2 Å². The number of aliphatic hydroxyl groups excluding tert-OH is 1. The van der Waals surface area contributed by atoms with Gasteiger partial charge in [0.2, 0.25) is 18.3 Å². The first-order chi connectivity index (χ1) is 16.0. The first-order valence-electron chi connectivity index (χ1n) is 10.6. The third-order valence-electron chi connectivity index (χ3n) is 4.71. The Kier molecular flexibility index (Phi) is 9.78. The van der Waals surface area contributed by atoms with Gasteiger partial charge in [-0.1, -0.05) is 6.07 Å². The van der Waals surface area contributed by atoms with Gasteiger partial charge in [0.05, 0.1) is 24.9 Å². The summed E-state index contributed by atoms with van der Waals surface area (Å²) in [4.78, 5) is 47.4. The Morgan fingerprint density at radius 2 is 1.56 bits per heavy atom. The molecular formula is C22H30N2O10. The summed E-state index contributed by atoms with van der Waals surface area (Å²) in [6.45, 7) is 4.82. The molecule has 188 valence electrons. The number of esters is 3. The van der Waals surface area contributed by atoms with Crippen LogP contribution in [0, 0.1) is 0 Å². The van der Waals surface area contributed by atoms with Gasteiger partial charge in [-0.25, -0.2) is 0 Å². The smallest absolute Gasteiger partial charge is 0.303 e. The molecule has 1 fully saturated rings. The summed E-state index contributed by atoms with van der Waals surface area (Å²) in [5.74, 6) is -2.28. The zero-order valence-corrected chi connectivity index (χ0v) is 19.7. The molecule has 3 N–H and O–H groups in total. The number of carbonyl (C=O) groups is 4. The van der Waals surface area contributed by atoms with Crippen LogP contribution in [0.25, 0.3) is 0 Å². The molecule has 1 aliphatic rings. The van der Waals surface area contributed by atoms with E-state index in [1.807, 2.05) is 0 Å². The van der Waals surface area contributed by atoms with Crippen molar-refractivity contribution in [3.8, 4) is 5.75 Å². The van der Waals surface area contributed by atoms with Gasteiger partial charge in [-0.05, 0) is 31.7 Å². The highest BCUT2D eigenvalue weighted by Crippen LogP contribution is 2.33. The Hall–Kier alpha value is -3.22. The number of aliphatic hydroxyl groups is 1. The zero-order valence-electron chi connectivity index (χ0n) is 19.7. The van der Waals surface area contributed by atoms with E-state index in [4.69, 9.17) is 23.7 Å². The summed E-state index contributed by atoms with van der Waals surface area (Å²) < 4.78 is 27.8. The second-order valence-electron chi connectivity index (χ2n) is 7.62. The number of likely N-dealkylation sites (N-methyl/N-ethyl adjacent to an activating group) is 1. The lowest BCUT2D eigenvalue weighted by Crippen LogP contribution is -2.62. The summed E-state index contributed by atoms with van der Waals surface area (Å²) in [6.07, 6.45) is -5.71. The Labute approximate surface area is 196 Å². The molecule has 0 aromatic heterocycles. The summed E-state index contributed by atoms with van der Waals surface area (Å²) in [5, 5.41) is 14.9. The van der Waals surface area contributed by atoms with E-state index in [0.29, 0.717) is 5.56 Å². The molecule has 1 aliphatic heterocycles. The maximum absolute atomic E-state index is 12.1. The first-order valence-corrected chi connectivity index (χ1v) is 10.6. The van der Waals surface area contributed by atoms with E-state index in [1.54, 1.807) is 20.0 Å². The molecule has 1 aromatic carbocycles. The monoisotopic (exact) mass is 482 g/mol. The molecule has 0 bridgehead atoms. The van der Waals surface area contributed by atoms with Crippen LogP contribution in [0.2, 0.25) is 0 Å². The number of benzene rings is 1. The van der Waals surface area contributed by atoms with Crippen molar-refractivity contribution in [1.29, 1.82) is 0 Å². The molecule has 0 saturated carbocycles. The largest absolute Gasteiger partial charge is 0.459 e. The van der Waals surface area contributed by atoms with E-state index in [1.165, 1.54) is 19.1 Å². The van der Waals surface area contributed by atoms with Crippen LogP contribution in [0.15, 0.2) is 18.2 Å². The Morgan fingerprint density at radius 1 is 0.971 bits per heavy atom. The topological polar surface area (TPSA) is 159 Å². The lowest BCUT2D eigenvalue weighted by Gasteiger charge is -2.43. The van der Waals surface area contributed by atoms with Crippen molar-refractivity contribution >= 4 is 29.5 Å². The first kappa shape index (κ1) is 27.0. The van der Waals surface area contributed by atoms with Crippen LogP contribution in [0.1, 0.15) is 33.3 Å². The minimum absolute atomic E-state index is 0.0222. The molecule has 0 aliphatic carbocycles. The van der Waals surface area contributed by atoms with E-state index >= 15 is 0 Å². The van der Waals surface area contributed by atoms with Crippen molar-refractivity contribution in [3.05, 3.63) is 23.8 Å². The molecule has 1 heterocycles. The second-order valence-corrected chi connectivity index (χ2v) is 7.62. The molecule has 1 saturated heterocycles. The Morgan fingerprint density at radius 3 is 2.12 bits per heavy atom. The SMILES string of the molecule is CNCC(=O)Nc1cc(CO)ccc1O[C@@H]1OC(C)[C@@H](OC(C)=O)C(OC(C)=O)C1OC(C)=O. The molecule has 1 aromatic rings. The summed E-state index contributed by atoms with van der Waals surface area (Å²) in [6, 6.07) is 4.58. The van der Waals surface area contributed by atoms with Crippen LogP contribution in [-0.2, 0) is 44.7 Å². The average Bonchev–Trinajstić information content (AvgIpc) is 2.73. The fourth-order valence-electron chi connectivity index (χ4n) is 3.42. The molecular weight excluding hydrogens is 452 g/mol. The molecule has 12 nitrogen and oxygen atoms in total. The molecule has 5 atom stereocenters. The number of anilines is 1. The minimum Gasteiger partial charge on any atom is -0.459 e. The molecule has 1 amide bonds. The molecule has 0 spiro atoms. The molecule has 12 heteroatoms. The van der Waals surface area contributed by atoms with Gasteiger partial charge in [0.25, 0.3) is 0 Å². The van der Waals surface area contributed by atoms with E-state index in [-0.39, 0.29) is 30.5 Å². The number of nitrogens with one attached hydrogen (secondary N) is 2. The fourth-order valence-corrected chi connectivity index (χ4v) is 3.42. The Balaban J connectivity index is 2.43. The number of ether oxygens (including phenoxy) is 5. The molecule has 0 radical (unpaired) electrons. The predicted molar refractivity (Wildman–Crippen MR) is 117 cm³/mol. The third kappa shape index (κ3) is 7.40. The highest BCUT2D eigenvalue weighted by molar-refractivity contribution is 5.93. The second kappa shape index (κ2) is 12.3. The van der Waals surface area contributed by atoms with Crippen molar-refractivity contribution in [2.24, 2.45) is 0 Å². The molecule has 34 heavy (non-hydrogen) atoms. The van der Waals surface area contributed by atoms with Gasteiger partial charge in [-0.3, -0.25) is 19.2 Å². The van der Waals surface area contributed by atoms with Crippen molar-refractivity contribution in [1.82, 2.24) is 5.32 Å². The summed E-state index contributed by atoms with van der Waals surface area (Å²) in [5.41, 5.74) is 0.741. The van der Waals surface area contributed by atoms with Crippen LogP contribution in [0.3, 0.4) is 0 Å². The number of hydrogen-bond donors (Lipinski definition) is 3. The number of amides is 1. The third-order valence-corrected chi connectivity index (χ3v) is 4.71. The highest BCUT2D eigenvalue weighted by atomic mass is 16.7. The zero-order chi connectivity index (χ0) is 25.4. The van der Waals surface area contributed by atoms with Gasteiger partial charge in [0.1, 0.15) is 5.75 Å². The minimum atomic E-state index is -1.31. The maximum atomic E-state index is 12.1. The number of carbonyl (C=O) groups excluding carboxylic acids is 4. The van der Waals surface area contributed by atoms with Gasteiger partial charge in [-0.2, -0.15) is 0 Å². The quantitative estimate of drug-likeness (QED) is 0.327. The average molecular weight is 482 g/mol. The summed E-state index contributed by atoms with van der Waals surface area (Å²) in [7, 11) is 1.61. The van der Waals surface area contributed by atoms with Crippen LogP contribution < -0.4 is 15.4 Å². The lowest BCUT2D eigenvalue weighted by atomic mass is 9.98. The van der Waals surface area contributed by atoms with E-state index in [9.17, 15) is 24.3 Å². The normalized spacial score (nSPS) is 24.0. The van der Waals surface area contributed by atoms with Gasteiger partial charge in [0, 0.05) is 20.8 Å². The number of rotatable bonds is 9. The van der Waals surface area contributed by atoms with Crippen molar-refractivity contribution in [2.75, 3.05) is 18.9 Å². The van der Waals surface area contributed by atoms with E-state index in [2.05, 4.69) is 10.6 Å². The number of hydrogen-bond acceptors (Lipinski definition) is 11.